The lowest BCUT2D eigenvalue weighted by Gasteiger charge is -2.35. The topological polar surface area (TPSA) is 83.6 Å². The molecule has 0 aliphatic carbocycles. The van der Waals surface area contributed by atoms with E-state index in [0.717, 1.165) is 4.90 Å². The summed E-state index contributed by atoms with van der Waals surface area (Å²) < 4.78 is 0. The lowest BCUT2D eigenvalue weighted by atomic mass is 10.1. The number of carbonyl (C=O) groups excluding carboxylic acids is 1. The average Bonchev–Trinajstić information content (AvgIpc) is 2.37. The van der Waals surface area contributed by atoms with Crippen molar-refractivity contribution < 1.29 is 14.7 Å². The molecule has 2 atom stereocenters. The van der Waals surface area contributed by atoms with Gasteiger partial charge in [0.05, 0.1) is 10.9 Å². The number of carboxylic acid groups (broad SMARTS) is 1. The Morgan fingerprint density at radius 2 is 2.26 bits per heavy atom. The normalized spacial score (nSPS) is 20.0. The van der Waals surface area contributed by atoms with E-state index < -0.39 is 12.0 Å². The first-order valence-corrected chi connectivity index (χ1v) is 6.95. The van der Waals surface area contributed by atoms with Crippen LogP contribution in [0.4, 0.5) is 11.4 Å². The van der Waals surface area contributed by atoms with Crippen molar-refractivity contribution in [3.63, 3.8) is 0 Å². The average molecular weight is 280 g/mol. The van der Waals surface area contributed by atoms with Gasteiger partial charge in [-0.1, -0.05) is 6.92 Å². The highest BCUT2D eigenvalue weighted by Gasteiger charge is 2.37. The molecule has 2 unspecified atom stereocenters. The number of carboxylic acids is 1. The number of aliphatic carboxylic acids is 1. The zero-order chi connectivity index (χ0) is 14.2. The van der Waals surface area contributed by atoms with Gasteiger partial charge in [-0.2, -0.15) is 0 Å². The van der Waals surface area contributed by atoms with E-state index in [2.05, 4.69) is 0 Å². The van der Waals surface area contributed by atoms with Crippen LogP contribution < -0.4 is 10.6 Å². The molecule has 0 bridgehead atoms. The fourth-order valence-corrected chi connectivity index (χ4v) is 3.18. The Morgan fingerprint density at radius 3 is 2.84 bits per heavy atom. The van der Waals surface area contributed by atoms with Crippen LogP contribution in [0.15, 0.2) is 23.1 Å². The summed E-state index contributed by atoms with van der Waals surface area (Å²) in [6.45, 7) is 3.43. The molecule has 0 aromatic heterocycles. The molecule has 0 radical (unpaired) electrons. The number of anilines is 2. The van der Waals surface area contributed by atoms with E-state index in [1.807, 2.05) is 13.0 Å². The van der Waals surface area contributed by atoms with Gasteiger partial charge in [0, 0.05) is 10.6 Å². The number of thioether (sulfide) groups is 1. The van der Waals surface area contributed by atoms with Crippen molar-refractivity contribution in [3.8, 4) is 0 Å². The van der Waals surface area contributed by atoms with Crippen LogP contribution in [-0.2, 0) is 9.59 Å². The summed E-state index contributed by atoms with van der Waals surface area (Å²) in [6, 6.07) is 4.36. The maximum atomic E-state index is 12.4. The molecule has 0 spiro atoms. The third kappa shape index (κ3) is 2.40. The Morgan fingerprint density at radius 1 is 1.58 bits per heavy atom. The fourth-order valence-electron chi connectivity index (χ4n) is 2.07. The van der Waals surface area contributed by atoms with Crippen LogP contribution in [0, 0.1) is 0 Å². The minimum Gasteiger partial charge on any atom is -0.480 e. The van der Waals surface area contributed by atoms with Gasteiger partial charge in [0.1, 0.15) is 6.04 Å². The van der Waals surface area contributed by atoms with Gasteiger partial charge in [0.15, 0.2) is 0 Å². The van der Waals surface area contributed by atoms with Gasteiger partial charge in [-0.3, -0.25) is 9.69 Å². The number of hydrogen-bond donors (Lipinski definition) is 2. The molecular formula is C13H16N2O3S. The monoisotopic (exact) mass is 280 g/mol. The molecule has 102 valence electrons. The summed E-state index contributed by atoms with van der Waals surface area (Å²) in [4.78, 5) is 25.8. The number of fused-ring (bicyclic) bond motifs is 1. The number of benzene rings is 1. The van der Waals surface area contributed by atoms with Crippen molar-refractivity contribution in [1.82, 2.24) is 0 Å². The van der Waals surface area contributed by atoms with E-state index in [1.54, 1.807) is 12.1 Å². The lowest BCUT2D eigenvalue weighted by Crippen LogP contribution is -2.49. The predicted octanol–water partition coefficient (Wildman–Crippen LogP) is 1.96. The molecule has 1 aromatic carbocycles. The summed E-state index contributed by atoms with van der Waals surface area (Å²) in [5.74, 6) is -1.19. The van der Waals surface area contributed by atoms with Crippen molar-refractivity contribution >= 4 is 35.0 Å². The van der Waals surface area contributed by atoms with Gasteiger partial charge in [0.25, 0.3) is 0 Å². The van der Waals surface area contributed by atoms with E-state index >= 15 is 0 Å². The first-order chi connectivity index (χ1) is 8.95. The van der Waals surface area contributed by atoms with Crippen LogP contribution in [0.25, 0.3) is 0 Å². The largest absolute Gasteiger partial charge is 0.480 e. The quantitative estimate of drug-likeness (QED) is 0.827. The van der Waals surface area contributed by atoms with Crippen LogP contribution in [0.3, 0.4) is 0 Å². The molecule has 1 aliphatic heterocycles. The highest BCUT2D eigenvalue weighted by Crippen LogP contribution is 2.42. The molecule has 5 nitrogen and oxygen atoms in total. The second-order valence-corrected chi connectivity index (χ2v) is 5.71. The van der Waals surface area contributed by atoms with Crippen LogP contribution in [0.1, 0.15) is 20.3 Å². The van der Waals surface area contributed by atoms with Gasteiger partial charge < -0.3 is 10.8 Å². The highest BCUT2D eigenvalue weighted by atomic mass is 32.2. The van der Waals surface area contributed by atoms with Gasteiger partial charge >= 0.3 is 5.97 Å². The van der Waals surface area contributed by atoms with Crippen molar-refractivity contribution in [2.24, 2.45) is 0 Å². The first-order valence-electron chi connectivity index (χ1n) is 6.07. The minimum absolute atomic E-state index is 0.166. The molecular weight excluding hydrogens is 264 g/mol. The molecule has 0 fully saturated rings. The van der Waals surface area contributed by atoms with E-state index in [0.29, 0.717) is 17.8 Å². The molecule has 0 saturated carbocycles. The van der Waals surface area contributed by atoms with E-state index in [9.17, 15) is 14.7 Å². The fraction of sp³-hybridized carbons (Fsp3) is 0.385. The zero-order valence-corrected chi connectivity index (χ0v) is 11.6. The second-order valence-electron chi connectivity index (χ2n) is 4.46. The Balaban J connectivity index is 2.53. The van der Waals surface area contributed by atoms with E-state index in [4.69, 9.17) is 5.73 Å². The van der Waals surface area contributed by atoms with Crippen LogP contribution >= 0.6 is 11.8 Å². The Bertz CT molecular complexity index is 533. The van der Waals surface area contributed by atoms with E-state index in [-0.39, 0.29) is 11.2 Å². The molecule has 1 amide bonds. The summed E-state index contributed by atoms with van der Waals surface area (Å²) >= 11 is 1.47. The molecule has 1 aromatic rings. The molecule has 1 heterocycles. The first kappa shape index (κ1) is 13.7. The summed E-state index contributed by atoms with van der Waals surface area (Å²) in [5.41, 5.74) is 6.85. The molecule has 19 heavy (non-hydrogen) atoms. The number of rotatable bonds is 3. The van der Waals surface area contributed by atoms with Crippen LogP contribution in [-0.4, -0.2) is 28.3 Å². The third-order valence-corrected chi connectivity index (χ3v) is 4.56. The number of nitrogens with zero attached hydrogens (tertiary/aromatic N) is 1. The molecule has 0 saturated heterocycles. The highest BCUT2D eigenvalue weighted by molar-refractivity contribution is 8.01. The van der Waals surface area contributed by atoms with Crippen molar-refractivity contribution in [3.05, 3.63) is 18.2 Å². The van der Waals surface area contributed by atoms with Crippen LogP contribution in [0.5, 0.6) is 0 Å². The van der Waals surface area contributed by atoms with E-state index in [1.165, 1.54) is 23.6 Å². The number of amides is 1. The van der Waals surface area contributed by atoms with Gasteiger partial charge in [-0.15, -0.1) is 11.8 Å². The Hall–Kier alpha value is -1.69. The third-order valence-electron chi connectivity index (χ3n) is 3.14. The molecule has 1 aliphatic rings. The number of hydrogen-bond acceptors (Lipinski definition) is 4. The number of nitrogens with two attached hydrogens (primary N) is 1. The van der Waals surface area contributed by atoms with Crippen molar-refractivity contribution in [1.29, 1.82) is 0 Å². The lowest BCUT2D eigenvalue weighted by molar-refractivity contribution is -0.139. The van der Waals surface area contributed by atoms with Crippen molar-refractivity contribution in [2.45, 2.75) is 36.5 Å². The number of carbonyl (C=O) groups is 2. The second kappa shape index (κ2) is 5.13. The summed E-state index contributed by atoms with van der Waals surface area (Å²) in [6.07, 6.45) is 0.663. The Kier molecular flexibility index (Phi) is 3.71. The molecule has 3 N–H and O–H groups in total. The minimum atomic E-state index is -1.02. The zero-order valence-electron chi connectivity index (χ0n) is 10.8. The summed E-state index contributed by atoms with van der Waals surface area (Å²) in [5, 5.41) is 8.94. The molecule has 2 rings (SSSR count). The van der Waals surface area contributed by atoms with Gasteiger partial charge in [-0.05, 0) is 31.5 Å². The smallest absolute Gasteiger partial charge is 0.326 e. The standard InChI is InChI=1S/C13H16N2O3S/c1-3-10-12(16)15(7(2)13(17)18)9-6-8(14)4-5-11(9)19-10/h4-7,10H,3,14H2,1-2H3,(H,17,18). The predicted molar refractivity (Wildman–Crippen MR) is 75.4 cm³/mol. The maximum absolute atomic E-state index is 12.4. The van der Waals surface area contributed by atoms with Gasteiger partial charge in [0.2, 0.25) is 5.91 Å². The number of nitrogen functional groups attached to an aromatic ring is 1. The van der Waals surface area contributed by atoms with Crippen LogP contribution in [0.2, 0.25) is 0 Å². The Labute approximate surface area is 115 Å². The van der Waals surface area contributed by atoms with Crippen molar-refractivity contribution in [2.75, 3.05) is 10.6 Å². The SMILES string of the molecule is CCC1Sc2ccc(N)cc2N(C(C)C(=O)O)C1=O. The maximum Gasteiger partial charge on any atom is 0.326 e. The molecule has 6 heteroatoms. The summed E-state index contributed by atoms with van der Waals surface area (Å²) in [7, 11) is 0. The van der Waals surface area contributed by atoms with Gasteiger partial charge in [-0.25, -0.2) is 4.79 Å².